The Morgan fingerprint density at radius 2 is 1.73 bits per heavy atom. The fraction of sp³-hybridized carbons (Fsp3) is 0.333. The lowest BCUT2D eigenvalue weighted by Crippen LogP contribution is -2.20. The first-order chi connectivity index (χ1) is 5.40. The molecule has 0 atom stereocenters. The molecule has 11 heavy (non-hydrogen) atoms. The molecule has 0 unspecified atom stereocenters. The van der Waals surface area contributed by atoms with Gasteiger partial charge in [-0.2, -0.15) is 0 Å². The highest BCUT2D eigenvalue weighted by Crippen LogP contribution is 2.21. The molecule has 0 spiro atoms. The highest BCUT2D eigenvalue weighted by atomic mass is 35.5. The third-order valence-corrected chi connectivity index (χ3v) is 2.51. The van der Waals surface area contributed by atoms with Gasteiger partial charge in [0, 0.05) is 6.04 Å². The minimum atomic E-state index is 0.439. The molecule has 0 heterocycles. The van der Waals surface area contributed by atoms with E-state index in [-0.39, 0.29) is 0 Å². The summed E-state index contributed by atoms with van der Waals surface area (Å²) >= 11 is 5.55. The highest BCUT2D eigenvalue weighted by molar-refractivity contribution is 6.13. The van der Waals surface area contributed by atoms with Gasteiger partial charge in [0.15, 0.2) is 0 Å². The Labute approximate surface area is 71.5 Å². The summed E-state index contributed by atoms with van der Waals surface area (Å²) in [6.45, 7) is 0. The van der Waals surface area contributed by atoms with Gasteiger partial charge in [-0.3, -0.25) is 0 Å². The van der Waals surface area contributed by atoms with Crippen molar-refractivity contribution in [3.05, 3.63) is 35.4 Å². The molecule has 0 aliphatic heterocycles. The average Bonchev–Trinajstić information content (AvgIpc) is 2.46. The number of rotatable bonds is 1. The minimum Gasteiger partial charge on any atom is -0.230 e. The minimum absolute atomic E-state index is 0.439. The fourth-order valence-electron chi connectivity index (χ4n) is 1.64. The Morgan fingerprint density at radius 3 is 2.18 bits per heavy atom. The SMILES string of the molecule is ClNC1Cc2ccccc2C1. The van der Waals surface area contributed by atoms with Gasteiger partial charge in [-0.05, 0) is 35.7 Å². The van der Waals surface area contributed by atoms with Crippen LogP contribution in [0, 0.1) is 0 Å². The second-order valence-electron chi connectivity index (χ2n) is 2.98. The molecule has 2 rings (SSSR count). The van der Waals surface area contributed by atoms with E-state index in [0.29, 0.717) is 6.04 Å². The summed E-state index contributed by atoms with van der Waals surface area (Å²) in [5.41, 5.74) is 2.87. The van der Waals surface area contributed by atoms with E-state index in [4.69, 9.17) is 11.8 Å². The molecule has 1 aliphatic rings. The maximum atomic E-state index is 5.55. The van der Waals surface area contributed by atoms with Crippen molar-refractivity contribution in [3.8, 4) is 0 Å². The third-order valence-electron chi connectivity index (χ3n) is 2.21. The van der Waals surface area contributed by atoms with Crippen LogP contribution in [0.4, 0.5) is 0 Å². The molecular formula is C9H10ClN. The van der Waals surface area contributed by atoms with Crippen molar-refractivity contribution >= 4 is 11.8 Å². The van der Waals surface area contributed by atoms with E-state index in [2.05, 4.69) is 29.1 Å². The van der Waals surface area contributed by atoms with Crippen molar-refractivity contribution in [2.45, 2.75) is 18.9 Å². The van der Waals surface area contributed by atoms with Gasteiger partial charge in [0.1, 0.15) is 0 Å². The quantitative estimate of drug-likeness (QED) is 0.630. The monoisotopic (exact) mass is 167 g/mol. The summed E-state index contributed by atoms with van der Waals surface area (Å²) in [6, 6.07) is 8.94. The molecule has 0 fully saturated rings. The van der Waals surface area contributed by atoms with E-state index in [0.717, 1.165) is 12.8 Å². The van der Waals surface area contributed by atoms with Gasteiger partial charge in [0.05, 0.1) is 0 Å². The van der Waals surface area contributed by atoms with Crippen LogP contribution in [-0.2, 0) is 12.8 Å². The molecule has 0 bridgehead atoms. The van der Waals surface area contributed by atoms with E-state index in [9.17, 15) is 0 Å². The van der Waals surface area contributed by atoms with Crippen LogP contribution in [-0.4, -0.2) is 6.04 Å². The predicted octanol–water partition coefficient (Wildman–Crippen LogP) is 1.90. The van der Waals surface area contributed by atoms with E-state index < -0.39 is 0 Å². The van der Waals surface area contributed by atoms with Gasteiger partial charge < -0.3 is 0 Å². The largest absolute Gasteiger partial charge is 0.230 e. The van der Waals surface area contributed by atoms with Crippen molar-refractivity contribution < 1.29 is 0 Å². The first-order valence-corrected chi connectivity index (χ1v) is 4.21. The molecule has 0 saturated carbocycles. The van der Waals surface area contributed by atoms with Crippen molar-refractivity contribution in [2.75, 3.05) is 0 Å². The van der Waals surface area contributed by atoms with Gasteiger partial charge in [-0.25, -0.2) is 4.84 Å². The van der Waals surface area contributed by atoms with Crippen LogP contribution in [0.2, 0.25) is 0 Å². The summed E-state index contributed by atoms with van der Waals surface area (Å²) in [7, 11) is 0. The number of nitrogens with one attached hydrogen (secondary N) is 1. The lowest BCUT2D eigenvalue weighted by molar-refractivity contribution is 0.665. The molecule has 0 amide bonds. The van der Waals surface area contributed by atoms with Crippen LogP contribution < -0.4 is 4.84 Å². The van der Waals surface area contributed by atoms with Crippen LogP contribution in [0.5, 0.6) is 0 Å². The Hall–Kier alpha value is -0.530. The van der Waals surface area contributed by atoms with Gasteiger partial charge in [0.25, 0.3) is 0 Å². The van der Waals surface area contributed by atoms with E-state index in [1.807, 2.05) is 0 Å². The van der Waals surface area contributed by atoms with E-state index in [1.165, 1.54) is 11.1 Å². The summed E-state index contributed by atoms with van der Waals surface area (Å²) in [5.74, 6) is 0. The third kappa shape index (κ3) is 1.26. The van der Waals surface area contributed by atoms with Crippen LogP contribution in [0.1, 0.15) is 11.1 Å². The molecule has 1 nitrogen and oxygen atoms in total. The van der Waals surface area contributed by atoms with Crippen molar-refractivity contribution in [2.24, 2.45) is 0 Å². The molecule has 0 radical (unpaired) electrons. The normalized spacial score (nSPS) is 16.8. The second-order valence-corrected chi connectivity index (χ2v) is 3.20. The summed E-state index contributed by atoms with van der Waals surface area (Å²) < 4.78 is 0. The smallest absolute Gasteiger partial charge is 0.0301 e. The highest BCUT2D eigenvalue weighted by Gasteiger charge is 2.19. The summed E-state index contributed by atoms with van der Waals surface area (Å²) in [4.78, 5) is 2.78. The lowest BCUT2D eigenvalue weighted by Gasteiger charge is -2.01. The van der Waals surface area contributed by atoms with Crippen molar-refractivity contribution in [3.63, 3.8) is 0 Å². The number of benzene rings is 1. The maximum Gasteiger partial charge on any atom is 0.0301 e. The maximum absolute atomic E-state index is 5.55. The van der Waals surface area contributed by atoms with E-state index in [1.54, 1.807) is 0 Å². The zero-order valence-electron chi connectivity index (χ0n) is 6.18. The van der Waals surface area contributed by atoms with Gasteiger partial charge >= 0.3 is 0 Å². The van der Waals surface area contributed by atoms with Gasteiger partial charge in [-0.1, -0.05) is 24.3 Å². The van der Waals surface area contributed by atoms with Crippen LogP contribution in [0.3, 0.4) is 0 Å². The first-order valence-electron chi connectivity index (χ1n) is 3.83. The number of hydrogen-bond acceptors (Lipinski definition) is 1. The second kappa shape index (κ2) is 2.84. The number of hydrogen-bond donors (Lipinski definition) is 1. The van der Waals surface area contributed by atoms with Crippen LogP contribution in [0.25, 0.3) is 0 Å². The molecular weight excluding hydrogens is 158 g/mol. The standard InChI is InChI=1S/C9H10ClN/c10-11-9-5-7-3-1-2-4-8(7)6-9/h1-4,9,11H,5-6H2. The van der Waals surface area contributed by atoms with Crippen molar-refractivity contribution in [1.82, 2.24) is 4.84 Å². The van der Waals surface area contributed by atoms with Crippen LogP contribution in [0.15, 0.2) is 24.3 Å². The molecule has 0 aromatic heterocycles. The molecule has 1 N–H and O–H groups in total. The molecule has 0 saturated heterocycles. The molecule has 2 heteroatoms. The Morgan fingerprint density at radius 1 is 1.18 bits per heavy atom. The Balaban J connectivity index is 2.27. The fourth-order valence-corrected chi connectivity index (χ4v) is 1.79. The van der Waals surface area contributed by atoms with Gasteiger partial charge in [-0.15, -0.1) is 0 Å². The predicted molar refractivity (Wildman–Crippen MR) is 46.6 cm³/mol. The molecule has 1 aromatic carbocycles. The summed E-state index contributed by atoms with van der Waals surface area (Å²) in [5, 5.41) is 0. The molecule has 1 aliphatic carbocycles. The zero-order chi connectivity index (χ0) is 7.68. The first kappa shape index (κ1) is 7.14. The van der Waals surface area contributed by atoms with Crippen molar-refractivity contribution in [1.29, 1.82) is 0 Å². The summed E-state index contributed by atoms with van der Waals surface area (Å²) in [6.07, 6.45) is 2.14. The topological polar surface area (TPSA) is 12.0 Å². The number of halogens is 1. The Bertz CT molecular complexity index is 234. The molecule has 1 aromatic rings. The zero-order valence-corrected chi connectivity index (χ0v) is 6.93. The Kier molecular flexibility index (Phi) is 1.84. The average molecular weight is 168 g/mol. The lowest BCUT2D eigenvalue weighted by atomic mass is 10.1. The van der Waals surface area contributed by atoms with E-state index >= 15 is 0 Å². The van der Waals surface area contributed by atoms with Gasteiger partial charge in [0.2, 0.25) is 0 Å². The molecule has 58 valence electrons. The van der Waals surface area contributed by atoms with Crippen LogP contribution >= 0.6 is 11.8 Å². The number of fused-ring (bicyclic) bond motifs is 1.